The van der Waals surface area contributed by atoms with Crippen LogP contribution in [0.25, 0.3) is 0 Å². The van der Waals surface area contributed by atoms with Crippen molar-refractivity contribution < 1.29 is 19.1 Å². The molecule has 1 aromatic heterocycles. The van der Waals surface area contributed by atoms with Gasteiger partial charge in [-0.2, -0.15) is 0 Å². The Hall–Kier alpha value is -3.67. The second-order valence-corrected chi connectivity index (χ2v) is 7.47. The van der Waals surface area contributed by atoms with Gasteiger partial charge in [-0.3, -0.25) is 19.5 Å². The molecule has 164 valence electrons. The molecule has 1 aliphatic rings. The molecule has 2 amide bonds. The Morgan fingerprint density at radius 2 is 1.50 bits per heavy atom. The highest BCUT2D eigenvalue weighted by molar-refractivity contribution is 6.21. The first-order valence-corrected chi connectivity index (χ1v) is 10.9. The van der Waals surface area contributed by atoms with Crippen LogP contribution >= 0.6 is 0 Å². The highest BCUT2D eigenvalue weighted by Crippen LogP contribution is 2.38. The number of imide groups is 1. The first-order chi connectivity index (χ1) is 15.6. The Kier molecular flexibility index (Phi) is 6.50. The van der Waals surface area contributed by atoms with Crippen molar-refractivity contribution in [2.45, 2.75) is 32.7 Å². The molecule has 2 aromatic carbocycles. The van der Waals surface area contributed by atoms with Gasteiger partial charge in [0.25, 0.3) is 11.8 Å². The number of aryl methyl sites for hydroxylation is 1. The van der Waals surface area contributed by atoms with Gasteiger partial charge in [-0.15, -0.1) is 0 Å². The predicted octanol–water partition coefficient (Wildman–Crippen LogP) is 4.85. The SMILES string of the molecule is CCOc1ccc(C(CCc2ccccn2)N2C(=O)c3ccccc3C2=O)cc1OCC. The van der Waals surface area contributed by atoms with Crippen LogP contribution in [0.5, 0.6) is 11.5 Å². The third-order valence-electron chi connectivity index (χ3n) is 5.49. The minimum atomic E-state index is -0.459. The van der Waals surface area contributed by atoms with Gasteiger partial charge < -0.3 is 9.47 Å². The molecule has 0 saturated carbocycles. The number of fused-ring (bicyclic) bond motifs is 1. The van der Waals surface area contributed by atoms with E-state index in [1.165, 1.54) is 4.90 Å². The van der Waals surface area contributed by atoms with Gasteiger partial charge in [-0.05, 0) is 68.7 Å². The Morgan fingerprint density at radius 3 is 2.12 bits per heavy atom. The summed E-state index contributed by atoms with van der Waals surface area (Å²) in [5.41, 5.74) is 2.61. The number of nitrogens with zero attached hydrogens (tertiary/aromatic N) is 2. The lowest BCUT2D eigenvalue weighted by Gasteiger charge is -2.27. The molecular weight excluding hydrogens is 404 g/mol. The number of carbonyl (C=O) groups is 2. The van der Waals surface area contributed by atoms with E-state index < -0.39 is 6.04 Å². The first kappa shape index (κ1) is 21.6. The predicted molar refractivity (Wildman–Crippen MR) is 121 cm³/mol. The van der Waals surface area contributed by atoms with Crippen molar-refractivity contribution in [1.82, 2.24) is 9.88 Å². The van der Waals surface area contributed by atoms with Crippen LogP contribution in [0.2, 0.25) is 0 Å². The summed E-state index contributed by atoms with van der Waals surface area (Å²) in [6, 6.07) is 17.9. The fraction of sp³-hybridized carbons (Fsp3) is 0.269. The fourth-order valence-electron chi connectivity index (χ4n) is 4.04. The molecule has 6 heteroatoms. The quantitative estimate of drug-likeness (QED) is 0.454. The average molecular weight is 431 g/mol. The van der Waals surface area contributed by atoms with E-state index in [1.54, 1.807) is 30.5 Å². The summed E-state index contributed by atoms with van der Waals surface area (Å²) in [6.45, 7) is 4.82. The molecule has 2 heterocycles. The van der Waals surface area contributed by atoms with Gasteiger partial charge in [-0.1, -0.05) is 24.3 Å². The van der Waals surface area contributed by atoms with Crippen molar-refractivity contribution in [1.29, 1.82) is 0 Å². The highest BCUT2D eigenvalue weighted by atomic mass is 16.5. The van der Waals surface area contributed by atoms with Crippen molar-refractivity contribution in [2.24, 2.45) is 0 Å². The normalized spacial score (nSPS) is 13.8. The van der Waals surface area contributed by atoms with Crippen LogP contribution < -0.4 is 9.47 Å². The van der Waals surface area contributed by atoms with E-state index in [1.807, 2.05) is 50.2 Å². The van der Waals surface area contributed by atoms with Gasteiger partial charge in [0.1, 0.15) is 0 Å². The van der Waals surface area contributed by atoms with Crippen molar-refractivity contribution in [3.63, 3.8) is 0 Å². The summed E-state index contributed by atoms with van der Waals surface area (Å²) in [5.74, 6) is 0.696. The van der Waals surface area contributed by atoms with E-state index in [9.17, 15) is 9.59 Å². The molecule has 1 atom stereocenters. The zero-order chi connectivity index (χ0) is 22.5. The standard InChI is InChI=1S/C26H26N2O4/c1-3-31-23-15-12-18(17-24(23)32-4-2)22(14-13-19-9-7-8-16-27-19)28-25(29)20-10-5-6-11-21(20)26(28)30/h5-12,15-17,22H,3-4,13-14H2,1-2H3. The number of ether oxygens (including phenoxy) is 2. The maximum Gasteiger partial charge on any atom is 0.262 e. The van der Waals surface area contributed by atoms with E-state index in [2.05, 4.69) is 4.98 Å². The number of benzene rings is 2. The molecule has 0 aliphatic carbocycles. The fourth-order valence-corrected chi connectivity index (χ4v) is 4.04. The summed E-state index contributed by atoms with van der Waals surface area (Å²) < 4.78 is 11.5. The Labute approximate surface area is 187 Å². The van der Waals surface area contributed by atoms with Gasteiger partial charge in [0.05, 0.1) is 30.4 Å². The number of carbonyl (C=O) groups excluding carboxylic acids is 2. The number of pyridine rings is 1. The number of amides is 2. The van der Waals surface area contributed by atoms with Crippen LogP contribution in [0.4, 0.5) is 0 Å². The minimum absolute atomic E-state index is 0.275. The summed E-state index contributed by atoms with van der Waals surface area (Å²) in [6.07, 6.45) is 2.91. The third kappa shape index (κ3) is 4.21. The van der Waals surface area contributed by atoms with Gasteiger partial charge >= 0.3 is 0 Å². The molecule has 6 nitrogen and oxygen atoms in total. The number of aromatic nitrogens is 1. The van der Waals surface area contributed by atoms with Crippen LogP contribution in [-0.2, 0) is 6.42 Å². The molecule has 0 saturated heterocycles. The second-order valence-electron chi connectivity index (χ2n) is 7.47. The van der Waals surface area contributed by atoms with E-state index >= 15 is 0 Å². The van der Waals surface area contributed by atoms with Gasteiger partial charge in [0.15, 0.2) is 11.5 Å². The lowest BCUT2D eigenvalue weighted by atomic mass is 9.98. The van der Waals surface area contributed by atoms with E-state index in [0.717, 1.165) is 11.3 Å². The smallest absolute Gasteiger partial charge is 0.262 e. The van der Waals surface area contributed by atoms with E-state index in [4.69, 9.17) is 9.47 Å². The average Bonchev–Trinajstić information content (AvgIpc) is 3.07. The van der Waals surface area contributed by atoms with Crippen LogP contribution in [0, 0.1) is 0 Å². The molecule has 3 aromatic rings. The summed E-state index contributed by atoms with van der Waals surface area (Å²) in [4.78, 5) is 32.3. The van der Waals surface area contributed by atoms with Crippen LogP contribution in [-0.4, -0.2) is 34.9 Å². The molecule has 1 aliphatic heterocycles. The zero-order valence-corrected chi connectivity index (χ0v) is 18.3. The molecule has 32 heavy (non-hydrogen) atoms. The van der Waals surface area contributed by atoms with Crippen molar-refractivity contribution >= 4 is 11.8 Å². The first-order valence-electron chi connectivity index (χ1n) is 10.9. The second kappa shape index (κ2) is 9.64. The van der Waals surface area contributed by atoms with Gasteiger partial charge in [-0.25, -0.2) is 0 Å². The molecule has 0 N–H and O–H groups in total. The molecular formula is C26H26N2O4. The zero-order valence-electron chi connectivity index (χ0n) is 18.3. The Bertz CT molecular complexity index is 1080. The third-order valence-corrected chi connectivity index (χ3v) is 5.49. The Morgan fingerprint density at radius 1 is 0.844 bits per heavy atom. The number of rotatable bonds is 9. The largest absolute Gasteiger partial charge is 0.490 e. The molecule has 0 spiro atoms. The maximum atomic E-state index is 13.2. The van der Waals surface area contributed by atoms with Gasteiger partial charge in [0.2, 0.25) is 0 Å². The molecule has 1 unspecified atom stereocenters. The maximum absolute atomic E-state index is 13.2. The number of hydrogen-bond acceptors (Lipinski definition) is 5. The summed E-state index contributed by atoms with van der Waals surface area (Å²) in [7, 11) is 0. The van der Waals surface area contributed by atoms with Crippen LogP contribution in [0.3, 0.4) is 0 Å². The minimum Gasteiger partial charge on any atom is -0.490 e. The molecule has 4 rings (SSSR count). The molecule has 0 fully saturated rings. The van der Waals surface area contributed by atoms with Crippen molar-refractivity contribution in [3.8, 4) is 11.5 Å². The lowest BCUT2D eigenvalue weighted by molar-refractivity contribution is 0.0573. The molecule has 0 bridgehead atoms. The van der Waals surface area contributed by atoms with Crippen molar-refractivity contribution in [3.05, 3.63) is 89.2 Å². The van der Waals surface area contributed by atoms with Gasteiger partial charge in [0, 0.05) is 11.9 Å². The summed E-state index contributed by atoms with van der Waals surface area (Å²) >= 11 is 0. The monoisotopic (exact) mass is 430 g/mol. The van der Waals surface area contributed by atoms with Crippen molar-refractivity contribution in [2.75, 3.05) is 13.2 Å². The number of hydrogen-bond donors (Lipinski definition) is 0. The topological polar surface area (TPSA) is 68.7 Å². The Balaban J connectivity index is 1.72. The van der Waals surface area contributed by atoms with E-state index in [0.29, 0.717) is 48.7 Å². The van der Waals surface area contributed by atoms with Crippen LogP contribution in [0.15, 0.2) is 66.9 Å². The van der Waals surface area contributed by atoms with Crippen LogP contribution in [0.1, 0.15) is 58.3 Å². The van der Waals surface area contributed by atoms with E-state index in [-0.39, 0.29) is 11.8 Å². The lowest BCUT2D eigenvalue weighted by Crippen LogP contribution is -2.34. The highest BCUT2D eigenvalue weighted by Gasteiger charge is 2.40. The summed E-state index contributed by atoms with van der Waals surface area (Å²) in [5, 5.41) is 0. The molecule has 0 radical (unpaired) electrons.